The Balaban J connectivity index is 1.62. The Labute approximate surface area is 154 Å². The van der Waals surface area contributed by atoms with Gasteiger partial charge in [-0.3, -0.25) is 0 Å². The van der Waals surface area contributed by atoms with E-state index in [9.17, 15) is 8.78 Å². The molecule has 4 rings (SSSR count). The molecule has 27 heavy (non-hydrogen) atoms. The zero-order valence-electron chi connectivity index (χ0n) is 14.4. The first-order valence-corrected chi connectivity index (χ1v) is 8.33. The van der Waals surface area contributed by atoms with Crippen molar-refractivity contribution in [1.29, 1.82) is 0 Å². The Morgan fingerprint density at radius 1 is 1.00 bits per heavy atom. The normalized spacial score (nSPS) is 11.1. The lowest BCUT2D eigenvalue weighted by atomic mass is 10.1. The van der Waals surface area contributed by atoms with Gasteiger partial charge in [0.05, 0.1) is 16.9 Å². The molecule has 0 bridgehead atoms. The van der Waals surface area contributed by atoms with Crippen LogP contribution in [0.3, 0.4) is 0 Å². The van der Waals surface area contributed by atoms with Crippen LogP contribution in [0.25, 0.3) is 16.8 Å². The largest absolute Gasteiger partial charge is 0.435 e. The molecule has 136 valence electrons. The lowest BCUT2D eigenvalue weighted by Crippen LogP contribution is -2.01. The van der Waals surface area contributed by atoms with Gasteiger partial charge in [-0.25, -0.2) is 9.50 Å². The molecule has 0 aliphatic carbocycles. The fourth-order valence-corrected chi connectivity index (χ4v) is 2.94. The van der Waals surface area contributed by atoms with Gasteiger partial charge in [0.1, 0.15) is 11.6 Å². The second-order valence-electron chi connectivity index (χ2n) is 5.93. The number of aromatic nitrogens is 3. The second-order valence-corrected chi connectivity index (χ2v) is 5.93. The summed E-state index contributed by atoms with van der Waals surface area (Å²) in [6.07, 6.45) is 1.90. The van der Waals surface area contributed by atoms with Crippen molar-refractivity contribution in [2.45, 2.75) is 13.5 Å². The number of alkyl halides is 2. The van der Waals surface area contributed by atoms with E-state index in [0.29, 0.717) is 5.82 Å². The van der Waals surface area contributed by atoms with Crippen LogP contribution < -0.4 is 10.1 Å². The summed E-state index contributed by atoms with van der Waals surface area (Å²) < 4.78 is 30.7. The van der Waals surface area contributed by atoms with Crippen LogP contribution in [-0.2, 0) is 0 Å². The molecule has 0 atom stereocenters. The van der Waals surface area contributed by atoms with Crippen molar-refractivity contribution in [3.05, 3.63) is 72.6 Å². The quantitative estimate of drug-likeness (QED) is 0.537. The van der Waals surface area contributed by atoms with E-state index >= 15 is 0 Å². The van der Waals surface area contributed by atoms with Gasteiger partial charge in [-0.1, -0.05) is 12.1 Å². The lowest BCUT2D eigenvalue weighted by molar-refractivity contribution is -0.0498. The maximum absolute atomic E-state index is 12.2. The first-order valence-electron chi connectivity index (χ1n) is 8.33. The number of halogens is 2. The molecular weight excluding hydrogens is 350 g/mol. The molecule has 7 heteroatoms. The van der Waals surface area contributed by atoms with Gasteiger partial charge in [0.25, 0.3) is 0 Å². The van der Waals surface area contributed by atoms with E-state index in [1.54, 1.807) is 12.1 Å². The predicted octanol–water partition coefficient (Wildman–Crippen LogP) is 5.05. The summed E-state index contributed by atoms with van der Waals surface area (Å²) in [6, 6.07) is 17.8. The van der Waals surface area contributed by atoms with Gasteiger partial charge >= 0.3 is 6.61 Å². The van der Waals surface area contributed by atoms with Crippen molar-refractivity contribution in [3.8, 4) is 17.0 Å². The van der Waals surface area contributed by atoms with E-state index in [1.165, 1.54) is 12.1 Å². The van der Waals surface area contributed by atoms with Crippen LogP contribution in [0.15, 0.2) is 66.9 Å². The van der Waals surface area contributed by atoms with Crippen molar-refractivity contribution in [1.82, 2.24) is 14.6 Å². The molecule has 1 N–H and O–H groups in total. The number of benzene rings is 1. The third kappa shape index (κ3) is 3.57. The second kappa shape index (κ2) is 7.03. The topological polar surface area (TPSA) is 51.5 Å². The monoisotopic (exact) mass is 366 g/mol. The molecule has 0 saturated heterocycles. The van der Waals surface area contributed by atoms with Crippen LogP contribution in [0.4, 0.5) is 20.3 Å². The number of rotatable bonds is 5. The highest BCUT2D eigenvalue weighted by molar-refractivity contribution is 5.81. The SMILES string of the molecule is Cc1nn2ccccc2c1-c1cccc(Nc2ccc(OC(F)F)cc2)n1. The summed E-state index contributed by atoms with van der Waals surface area (Å²) in [7, 11) is 0. The molecule has 0 spiro atoms. The predicted molar refractivity (Wildman–Crippen MR) is 99.5 cm³/mol. The standard InChI is InChI=1S/C20H16F2N4O/c1-13-19(17-6-2-3-12-26(17)25-13)16-5-4-7-18(24-16)23-14-8-10-15(11-9-14)27-20(21)22/h2-12,20H,1H3,(H,23,24). The zero-order chi connectivity index (χ0) is 18.8. The summed E-state index contributed by atoms with van der Waals surface area (Å²) in [4.78, 5) is 4.68. The average Bonchev–Trinajstić information content (AvgIpc) is 2.99. The highest BCUT2D eigenvalue weighted by Crippen LogP contribution is 2.28. The van der Waals surface area contributed by atoms with Gasteiger partial charge in [0.2, 0.25) is 0 Å². The van der Waals surface area contributed by atoms with E-state index < -0.39 is 6.61 Å². The van der Waals surface area contributed by atoms with Crippen molar-refractivity contribution >= 4 is 17.0 Å². The number of anilines is 2. The maximum atomic E-state index is 12.2. The molecular formula is C20H16F2N4O. The number of pyridine rings is 2. The third-order valence-electron chi connectivity index (χ3n) is 4.07. The molecule has 4 aromatic rings. The number of ether oxygens (including phenoxy) is 1. The smallest absolute Gasteiger partial charge is 0.387 e. The van der Waals surface area contributed by atoms with Gasteiger partial charge in [-0.15, -0.1) is 0 Å². The van der Waals surface area contributed by atoms with Crippen molar-refractivity contribution < 1.29 is 13.5 Å². The molecule has 0 aliphatic rings. The van der Waals surface area contributed by atoms with E-state index in [2.05, 4.69) is 20.1 Å². The van der Waals surface area contributed by atoms with Crippen LogP contribution in [0.1, 0.15) is 5.69 Å². The van der Waals surface area contributed by atoms with Crippen LogP contribution in [-0.4, -0.2) is 21.2 Å². The molecule has 3 heterocycles. The van der Waals surface area contributed by atoms with Crippen molar-refractivity contribution in [2.24, 2.45) is 0 Å². The van der Waals surface area contributed by atoms with Crippen LogP contribution >= 0.6 is 0 Å². The number of aryl methyl sites for hydroxylation is 1. The first kappa shape index (κ1) is 17.0. The Bertz CT molecular complexity index is 1080. The minimum atomic E-state index is -2.84. The minimum absolute atomic E-state index is 0.110. The molecule has 5 nitrogen and oxygen atoms in total. The van der Waals surface area contributed by atoms with Crippen molar-refractivity contribution in [3.63, 3.8) is 0 Å². The van der Waals surface area contributed by atoms with E-state index in [-0.39, 0.29) is 5.75 Å². The number of hydrogen-bond donors (Lipinski definition) is 1. The molecule has 0 radical (unpaired) electrons. The Morgan fingerprint density at radius 2 is 1.81 bits per heavy atom. The molecule has 0 fully saturated rings. The molecule has 3 aromatic heterocycles. The third-order valence-corrected chi connectivity index (χ3v) is 4.07. The highest BCUT2D eigenvalue weighted by atomic mass is 19.3. The fraction of sp³-hybridized carbons (Fsp3) is 0.100. The van der Waals surface area contributed by atoms with Crippen LogP contribution in [0.2, 0.25) is 0 Å². The van der Waals surface area contributed by atoms with E-state index in [1.807, 2.05) is 54.0 Å². The maximum Gasteiger partial charge on any atom is 0.387 e. The van der Waals surface area contributed by atoms with Crippen molar-refractivity contribution in [2.75, 3.05) is 5.32 Å². The van der Waals surface area contributed by atoms with Gasteiger partial charge in [0.15, 0.2) is 0 Å². The number of hydrogen-bond acceptors (Lipinski definition) is 4. The van der Waals surface area contributed by atoms with E-state index in [0.717, 1.165) is 28.2 Å². The van der Waals surface area contributed by atoms with Gasteiger partial charge < -0.3 is 10.1 Å². The molecule has 0 unspecified atom stereocenters. The minimum Gasteiger partial charge on any atom is -0.435 e. The lowest BCUT2D eigenvalue weighted by Gasteiger charge is -2.09. The van der Waals surface area contributed by atoms with Crippen LogP contribution in [0, 0.1) is 6.92 Å². The average molecular weight is 366 g/mol. The Morgan fingerprint density at radius 3 is 2.59 bits per heavy atom. The first-order chi connectivity index (χ1) is 13.1. The summed E-state index contributed by atoms with van der Waals surface area (Å²) in [5.41, 5.74) is 4.36. The summed E-state index contributed by atoms with van der Waals surface area (Å²) in [5, 5.41) is 7.69. The summed E-state index contributed by atoms with van der Waals surface area (Å²) in [5.74, 6) is 0.754. The highest BCUT2D eigenvalue weighted by Gasteiger charge is 2.13. The Hall–Kier alpha value is -3.48. The molecule has 1 aromatic carbocycles. The molecule has 0 saturated carbocycles. The fourth-order valence-electron chi connectivity index (χ4n) is 2.94. The molecule has 0 amide bonds. The number of fused-ring (bicyclic) bond motifs is 1. The van der Waals surface area contributed by atoms with Gasteiger partial charge in [-0.2, -0.15) is 13.9 Å². The number of nitrogens with zero attached hydrogens (tertiary/aromatic N) is 3. The Kier molecular flexibility index (Phi) is 4.42. The zero-order valence-corrected chi connectivity index (χ0v) is 14.4. The van der Waals surface area contributed by atoms with Gasteiger partial charge in [0, 0.05) is 17.4 Å². The van der Waals surface area contributed by atoms with E-state index in [4.69, 9.17) is 0 Å². The summed E-state index contributed by atoms with van der Waals surface area (Å²) >= 11 is 0. The molecule has 0 aliphatic heterocycles. The van der Waals surface area contributed by atoms with Crippen LogP contribution in [0.5, 0.6) is 5.75 Å². The summed E-state index contributed by atoms with van der Waals surface area (Å²) in [6.45, 7) is -0.887. The van der Waals surface area contributed by atoms with Gasteiger partial charge in [-0.05, 0) is 55.5 Å². The number of nitrogens with one attached hydrogen (secondary N) is 1.